The topological polar surface area (TPSA) is 80.5 Å². The highest BCUT2D eigenvalue weighted by molar-refractivity contribution is 5.89. The highest BCUT2D eigenvalue weighted by Crippen LogP contribution is 2.23. The van der Waals surface area contributed by atoms with E-state index >= 15 is 0 Å². The van der Waals surface area contributed by atoms with Crippen LogP contribution < -0.4 is 15.8 Å². The van der Waals surface area contributed by atoms with E-state index in [2.05, 4.69) is 34.6 Å². The van der Waals surface area contributed by atoms with E-state index in [0.29, 0.717) is 25.3 Å². The Labute approximate surface area is 200 Å². The summed E-state index contributed by atoms with van der Waals surface area (Å²) in [4.78, 5) is 19.2. The number of aromatic nitrogens is 1. The van der Waals surface area contributed by atoms with Crippen LogP contribution in [-0.2, 0) is 19.6 Å². The maximum absolute atomic E-state index is 13.3. The van der Waals surface area contributed by atoms with Gasteiger partial charge in [0.15, 0.2) is 0 Å². The van der Waals surface area contributed by atoms with Gasteiger partial charge in [-0.15, -0.1) is 0 Å². The average molecular weight is 453 g/mol. The van der Waals surface area contributed by atoms with Gasteiger partial charge in [0.1, 0.15) is 5.75 Å². The van der Waals surface area contributed by atoms with E-state index in [0.717, 1.165) is 33.6 Å². The quantitative estimate of drug-likeness (QED) is 0.372. The van der Waals surface area contributed by atoms with Crippen LogP contribution in [0.1, 0.15) is 16.7 Å². The van der Waals surface area contributed by atoms with E-state index in [1.54, 1.807) is 24.4 Å². The third-order valence-corrected chi connectivity index (χ3v) is 5.52. The minimum absolute atomic E-state index is 0.190. The summed E-state index contributed by atoms with van der Waals surface area (Å²) in [5, 5.41) is 2.99. The van der Waals surface area contributed by atoms with Crippen LogP contribution in [0.15, 0.2) is 97.3 Å². The van der Waals surface area contributed by atoms with Gasteiger partial charge in [-0.05, 0) is 70.3 Å². The van der Waals surface area contributed by atoms with Crippen LogP contribution in [0.3, 0.4) is 0 Å². The fourth-order valence-corrected chi connectivity index (χ4v) is 3.74. The number of pyridine rings is 1. The van der Waals surface area contributed by atoms with Crippen LogP contribution in [0.25, 0.3) is 11.1 Å². The number of carbonyl (C=O) groups excluding carboxylic acids is 1. The molecule has 34 heavy (non-hydrogen) atoms. The number of urea groups is 1. The van der Waals surface area contributed by atoms with Crippen LogP contribution in [0, 0.1) is 0 Å². The number of anilines is 1. The minimum Gasteiger partial charge on any atom is -0.497 e. The fourth-order valence-electron chi connectivity index (χ4n) is 3.74. The van der Waals surface area contributed by atoms with Gasteiger partial charge in [0.25, 0.3) is 0 Å². The first-order valence-corrected chi connectivity index (χ1v) is 11.1. The molecule has 6 heteroatoms. The summed E-state index contributed by atoms with van der Waals surface area (Å²) in [6.07, 6.45) is 3.51. The first-order valence-electron chi connectivity index (χ1n) is 11.1. The molecule has 1 heterocycles. The summed E-state index contributed by atoms with van der Waals surface area (Å²) in [7, 11) is 1.61. The SMILES string of the molecule is COc1ccc(NC(=O)N(Cc2cccnc2)Cc2cccc(-c3cccc(CN)c3)c2)cc1. The van der Waals surface area contributed by atoms with Crippen molar-refractivity contribution in [3.8, 4) is 16.9 Å². The smallest absolute Gasteiger partial charge is 0.322 e. The first kappa shape index (κ1) is 23.0. The Bertz CT molecular complexity index is 1230. The Morgan fingerprint density at radius 1 is 0.882 bits per heavy atom. The summed E-state index contributed by atoms with van der Waals surface area (Å²) >= 11 is 0. The molecule has 0 atom stereocenters. The van der Waals surface area contributed by atoms with E-state index in [1.165, 1.54) is 0 Å². The van der Waals surface area contributed by atoms with E-state index in [9.17, 15) is 4.79 Å². The molecular weight excluding hydrogens is 424 g/mol. The molecule has 0 aliphatic heterocycles. The Balaban J connectivity index is 1.56. The Hall–Kier alpha value is -4.16. The van der Waals surface area contributed by atoms with E-state index < -0.39 is 0 Å². The molecule has 4 aromatic rings. The van der Waals surface area contributed by atoms with Crippen molar-refractivity contribution in [2.24, 2.45) is 5.73 Å². The van der Waals surface area contributed by atoms with Crippen molar-refractivity contribution in [2.75, 3.05) is 12.4 Å². The molecule has 0 aliphatic carbocycles. The number of amides is 2. The summed E-state index contributed by atoms with van der Waals surface area (Å²) in [6.45, 7) is 1.38. The van der Waals surface area contributed by atoms with Crippen molar-refractivity contribution >= 4 is 11.7 Å². The summed E-state index contributed by atoms with van der Waals surface area (Å²) in [5.41, 5.74) is 11.8. The van der Waals surface area contributed by atoms with Gasteiger partial charge in [0, 0.05) is 37.7 Å². The molecule has 0 saturated carbocycles. The lowest BCUT2D eigenvalue weighted by Gasteiger charge is -2.24. The Morgan fingerprint density at radius 2 is 1.53 bits per heavy atom. The predicted octanol–water partition coefficient (Wildman–Crippen LogP) is 5.45. The standard InChI is InChI=1S/C28H28N4O2/c1-34-27-12-10-26(11-13-27)31-28(33)32(20-23-7-4-14-30-18-23)19-22-6-3-9-25(16-22)24-8-2-5-21(15-24)17-29/h2-16,18H,17,19-20,29H2,1H3,(H,31,33). The maximum atomic E-state index is 13.3. The van der Waals surface area contributed by atoms with Crippen molar-refractivity contribution in [1.29, 1.82) is 0 Å². The number of hydrogen-bond donors (Lipinski definition) is 2. The van der Waals surface area contributed by atoms with Gasteiger partial charge >= 0.3 is 6.03 Å². The lowest BCUT2D eigenvalue weighted by Crippen LogP contribution is -2.34. The molecule has 0 fully saturated rings. The van der Waals surface area contributed by atoms with Gasteiger partial charge in [0.2, 0.25) is 0 Å². The van der Waals surface area contributed by atoms with Crippen LogP contribution in [0.5, 0.6) is 5.75 Å². The molecule has 0 unspecified atom stereocenters. The summed E-state index contributed by atoms with van der Waals surface area (Å²) in [6, 6.07) is 27.4. The number of carbonyl (C=O) groups is 1. The lowest BCUT2D eigenvalue weighted by molar-refractivity contribution is 0.206. The highest BCUT2D eigenvalue weighted by Gasteiger charge is 2.16. The summed E-state index contributed by atoms with van der Waals surface area (Å²) < 4.78 is 5.20. The lowest BCUT2D eigenvalue weighted by atomic mass is 10.0. The summed E-state index contributed by atoms with van der Waals surface area (Å²) in [5.74, 6) is 0.737. The van der Waals surface area contributed by atoms with E-state index in [-0.39, 0.29) is 6.03 Å². The zero-order valence-corrected chi connectivity index (χ0v) is 19.1. The third-order valence-electron chi connectivity index (χ3n) is 5.52. The van der Waals surface area contributed by atoms with Gasteiger partial charge in [0.05, 0.1) is 7.11 Å². The van der Waals surface area contributed by atoms with Crippen molar-refractivity contribution in [2.45, 2.75) is 19.6 Å². The van der Waals surface area contributed by atoms with Crippen molar-refractivity contribution in [1.82, 2.24) is 9.88 Å². The molecule has 0 saturated heterocycles. The number of benzene rings is 3. The van der Waals surface area contributed by atoms with Crippen LogP contribution >= 0.6 is 0 Å². The van der Waals surface area contributed by atoms with Gasteiger partial charge in [-0.25, -0.2) is 4.79 Å². The molecule has 1 aromatic heterocycles. The molecule has 4 rings (SSSR count). The van der Waals surface area contributed by atoms with Gasteiger partial charge < -0.3 is 20.7 Å². The molecule has 0 bridgehead atoms. The molecule has 3 N–H and O–H groups in total. The largest absolute Gasteiger partial charge is 0.497 e. The zero-order valence-electron chi connectivity index (χ0n) is 19.1. The van der Waals surface area contributed by atoms with Crippen molar-refractivity contribution in [3.63, 3.8) is 0 Å². The van der Waals surface area contributed by atoms with Gasteiger partial charge in [-0.3, -0.25) is 4.98 Å². The predicted molar refractivity (Wildman–Crippen MR) is 135 cm³/mol. The maximum Gasteiger partial charge on any atom is 0.322 e. The van der Waals surface area contributed by atoms with Gasteiger partial charge in [-0.1, -0.05) is 42.5 Å². The highest BCUT2D eigenvalue weighted by atomic mass is 16.5. The molecule has 2 amide bonds. The molecule has 172 valence electrons. The third kappa shape index (κ3) is 5.99. The average Bonchev–Trinajstić information content (AvgIpc) is 2.89. The van der Waals surface area contributed by atoms with E-state index in [1.807, 2.05) is 60.7 Å². The number of ether oxygens (including phenoxy) is 1. The fraction of sp³-hybridized carbons (Fsp3) is 0.143. The minimum atomic E-state index is -0.190. The van der Waals surface area contributed by atoms with E-state index in [4.69, 9.17) is 10.5 Å². The number of nitrogens with one attached hydrogen (secondary N) is 1. The Morgan fingerprint density at radius 3 is 2.18 bits per heavy atom. The number of hydrogen-bond acceptors (Lipinski definition) is 4. The number of nitrogens with two attached hydrogens (primary N) is 1. The molecule has 0 radical (unpaired) electrons. The molecule has 0 spiro atoms. The second kappa shape index (κ2) is 11.1. The number of methoxy groups -OCH3 is 1. The number of rotatable bonds is 8. The van der Waals surface area contributed by atoms with Crippen LogP contribution in [0.2, 0.25) is 0 Å². The molecule has 0 aliphatic rings. The van der Waals surface area contributed by atoms with Gasteiger partial charge in [-0.2, -0.15) is 0 Å². The van der Waals surface area contributed by atoms with Crippen LogP contribution in [0.4, 0.5) is 10.5 Å². The second-order valence-corrected chi connectivity index (χ2v) is 7.98. The molecular formula is C28H28N4O2. The zero-order chi connectivity index (χ0) is 23.8. The Kier molecular flexibility index (Phi) is 7.53. The van der Waals surface area contributed by atoms with Crippen LogP contribution in [-0.4, -0.2) is 23.0 Å². The number of nitrogens with zero attached hydrogens (tertiary/aromatic N) is 2. The van der Waals surface area contributed by atoms with Crippen molar-refractivity contribution in [3.05, 3.63) is 114 Å². The first-order chi connectivity index (χ1) is 16.6. The normalized spacial score (nSPS) is 10.5. The molecule has 3 aromatic carbocycles. The molecule has 6 nitrogen and oxygen atoms in total. The second-order valence-electron chi connectivity index (χ2n) is 7.98. The van der Waals surface area contributed by atoms with Crippen molar-refractivity contribution < 1.29 is 9.53 Å². The monoisotopic (exact) mass is 452 g/mol.